The molecule has 1 aliphatic rings. The number of ether oxygens (including phenoxy) is 3. The van der Waals surface area contributed by atoms with E-state index in [1.807, 2.05) is 26.0 Å². The van der Waals surface area contributed by atoms with Crippen molar-refractivity contribution in [3.63, 3.8) is 0 Å². The Bertz CT molecular complexity index is 467. The Labute approximate surface area is 125 Å². The van der Waals surface area contributed by atoms with Crippen molar-refractivity contribution in [2.24, 2.45) is 0 Å². The fourth-order valence-corrected chi connectivity index (χ4v) is 2.71. The van der Waals surface area contributed by atoms with Gasteiger partial charge in [0.05, 0.1) is 24.9 Å². The van der Waals surface area contributed by atoms with Crippen molar-refractivity contribution in [2.75, 3.05) is 26.1 Å². The molecule has 0 heterocycles. The van der Waals surface area contributed by atoms with Crippen LogP contribution in [-0.2, 0) is 9.47 Å². The van der Waals surface area contributed by atoms with Gasteiger partial charge in [0.1, 0.15) is 11.9 Å². The van der Waals surface area contributed by atoms with E-state index >= 15 is 0 Å². The summed E-state index contributed by atoms with van der Waals surface area (Å²) >= 11 is 6.12. The lowest BCUT2D eigenvalue weighted by Crippen LogP contribution is -2.56. The highest BCUT2D eigenvalue weighted by Crippen LogP contribution is 2.35. The van der Waals surface area contributed by atoms with Crippen LogP contribution in [0.4, 0.5) is 5.69 Å². The number of hydrogen-bond donors (Lipinski definition) is 1. The Morgan fingerprint density at radius 3 is 2.70 bits per heavy atom. The molecular formula is C15H22ClNO3. The summed E-state index contributed by atoms with van der Waals surface area (Å²) in [5.41, 5.74) is 1.96. The van der Waals surface area contributed by atoms with Gasteiger partial charge in [-0.15, -0.1) is 0 Å². The van der Waals surface area contributed by atoms with Crippen LogP contribution in [-0.4, -0.2) is 39.1 Å². The third-order valence-corrected chi connectivity index (χ3v) is 4.13. The minimum Gasteiger partial charge on any atom is -0.495 e. The van der Waals surface area contributed by atoms with Crippen LogP contribution in [0.25, 0.3) is 0 Å². The number of nitrogens with one attached hydrogen (secondary N) is 1. The molecule has 0 bridgehead atoms. The van der Waals surface area contributed by atoms with Gasteiger partial charge in [0.2, 0.25) is 0 Å². The molecule has 0 spiro atoms. The summed E-state index contributed by atoms with van der Waals surface area (Å²) in [4.78, 5) is 0. The summed E-state index contributed by atoms with van der Waals surface area (Å²) in [5, 5.41) is 4.17. The molecule has 112 valence electrons. The third kappa shape index (κ3) is 3.03. The smallest absolute Gasteiger partial charge is 0.143 e. The average Bonchev–Trinajstić information content (AvgIpc) is 2.41. The molecule has 0 amide bonds. The number of aryl methyl sites for hydroxylation is 1. The van der Waals surface area contributed by atoms with Gasteiger partial charge in [-0.05, 0) is 31.9 Å². The van der Waals surface area contributed by atoms with Gasteiger partial charge in [-0.1, -0.05) is 11.6 Å². The molecule has 0 radical (unpaired) electrons. The predicted molar refractivity (Wildman–Crippen MR) is 81.0 cm³/mol. The van der Waals surface area contributed by atoms with Crippen molar-refractivity contribution in [3.05, 3.63) is 22.7 Å². The van der Waals surface area contributed by atoms with Crippen molar-refractivity contribution in [1.82, 2.24) is 0 Å². The second kappa shape index (κ2) is 6.66. The number of anilines is 1. The fourth-order valence-electron chi connectivity index (χ4n) is 2.56. The van der Waals surface area contributed by atoms with Crippen molar-refractivity contribution < 1.29 is 14.2 Å². The number of benzene rings is 1. The number of methoxy groups -OCH3 is 2. The molecule has 5 heteroatoms. The zero-order valence-corrected chi connectivity index (χ0v) is 13.2. The Balaban J connectivity index is 2.09. The standard InChI is InChI=1S/C15H22ClNO3/c1-5-20-14-8-12(15(14)19-4)17-11-6-9(2)10(16)7-13(11)18-3/h6-7,12,14-15,17H,5,8H2,1-4H3. The van der Waals surface area contributed by atoms with E-state index in [-0.39, 0.29) is 18.2 Å². The van der Waals surface area contributed by atoms with E-state index in [4.69, 9.17) is 25.8 Å². The molecular weight excluding hydrogens is 278 g/mol. The lowest BCUT2D eigenvalue weighted by atomic mass is 9.85. The summed E-state index contributed by atoms with van der Waals surface area (Å²) in [5.74, 6) is 0.746. The van der Waals surface area contributed by atoms with Crippen LogP contribution in [0, 0.1) is 6.92 Å². The molecule has 1 aliphatic carbocycles. The van der Waals surface area contributed by atoms with Crippen LogP contribution in [0.3, 0.4) is 0 Å². The van der Waals surface area contributed by atoms with Gasteiger partial charge < -0.3 is 19.5 Å². The fraction of sp³-hybridized carbons (Fsp3) is 0.600. The van der Waals surface area contributed by atoms with Crippen molar-refractivity contribution in [1.29, 1.82) is 0 Å². The lowest BCUT2D eigenvalue weighted by molar-refractivity contribution is -0.118. The van der Waals surface area contributed by atoms with Gasteiger partial charge >= 0.3 is 0 Å². The first-order chi connectivity index (χ1) is 9.60. The zero-order chi connectivity index (χ0) is 14.7. The Morgan fingerprint density at radius 1 is 1.35 bits per heavy atom. The topological polar surface area (TPSA) is 39.7 Å². The highest BCUT2D eigenvalue weighted by atomic mass is 35.5. The number of hydrogen-bond acceptors (Lipinski definition) is 4. The van der Waals surface area contributed by atoms with Gasteiger partial charge in [-0.3, -0.25) is 0 Å². The maximum Gasteiger partial charge on any atom is 0.143 e. The minimum atomic E-state index is 0.0654. The van der Waals surface area contributed by atoms with Crippen molar-refractivity contribution in [3.8, 4) is 5.75 Å². The molecule has 2 rings (SSSR count). The monoisotopic (exact) mass is 299 g/mol. The molecule has 1 N–H and O–H groups in total. The summed E-state index contributed by atoms with van der Waals surface area (Å²) in [6.45, 7) is 4.68. The summed E-state index contributed by atoms with van der Waals surface area (Å²) < 4.78 is 16.5. The molecule has 1 aromatic rings. The normalized spacial score (nSPS) is 25.1. The predicted octanol–water partition coefficient (Wildman–Crippen LogP) is 3.26. The first kappa shape index (κ1) is 15.4. The molecule has 0 aliphatic heterocycles. The van der Waals surface area contributed by atoms with E-state index in [0.717, 1.165) is 23.4 Å². The van der Waals surface area contributed by atoms with Crippen LogP contribution in [0.15, 0.2) is 12.1 Å². The highest BCUT2D eigenvalue weighted by molar-refractivity contribution is 6.31. The first-order valence-corrected chi connectivity index (χ1v) is 7.23. The maximum atomic E-state index is 6.12. The van der Waals surface area contributed by atoms with Gasteiger partial charge in [-0.25, -0.2) is 0 Å². The second-order valence-corrected chi connectivity index (χ2v) is 5.39. The Kier molecular flexibility index (Phi) is 5.13. The molecule has 4 nitrogen and oxygen atoms in total. The van der Waals surface area contributed by atoms with Gasteiger partial charge in [0.15, 0.2) is 0 Å². The quantitative estimate of drug-likeness (QED) is 0.875. The molecule has 0 saturated heterocycles. The highest BCUT2D eigenvalue weighted by Gasteiger charge is 2.42. The molecule has 20 heavy (non-hydrogen) atoms. The first-order valence-electron chi connectivity index (χ1n) is 6.85. The average molecular weight is 300 g/mol. The second-order valence-electron chi connectivity index (χ2n) is 4.98. The van der Waals surface area contributed by atoms with Crippen molar-refractivity contribution >= 4 is 17.3 Å². The van der Waals surface area contributed by atoms with E-state index in [2.05, 4.69) is 5.32 Å². The van der Waals surface area contributed by atoms with E-state index in [9.17, 15) is 0 Å². The van der Waals surface area contributed by atoms with E-state index < -0.39 is 0 Å². The van der Waals surface area contributed by atoms with Crippen LogP contribution in [0.2, 0.25) is 5.02 Å². The summed E-state index contributed by atoms with van der Waals surface area (Å²) in [7, 11) is 3.36. The molecule has 0 aromatic heterocycles. The van der Waals surface area contributed by atoms with Crippen LogP contribution in [0.5, 0.6) is 5.75 Å². The van der Waals surface area contributed by atoms with Gasteiger partial charge in [0, 0.05) is 24.8 Å². The Hall–Kier alpha value is -0.970. The van der Waals surface area contributed by atoms with Gasteiger partial charge in [0.25, 0.3) is 0 Å². The minimum absolute atomic E-state index is 0.0654. The number of halogens is 1. The molecule has 1 saturated carbocycles. The van der Waals surface area contributed by atoms with Crippen LogP contribution < -0.4 is 10.1 Å². The lowest BCUT2D eigenvalue weighted by Gasteiger charge is -2.44. The van der Waals surface area contributed by atoms with Crippen LogP contribution in [0.1, 0.15) is 18.9 Å². The maximum absolute atomic E-state index is 6.12. The summed E-state index contributed by atoms with van der Waals surface area (Å²) in [6.07, 6.45) is 1.16. The largest absolute Gasteiger partial charge is 0.495 e. The molecule has 3 atom stereocenters. The number of rotatable bonds is 6. The Morgan fingerprint density at radius 2 is 2.10 bits per heavy atom. The van der Waals surface area contributed by atoms with Gasteiger partial charge in [-0.2, -0.15) is 0 Å². The zero-order valence-electron chi connectivity index (χ0n) is 12.4. The summed E-state index contributed by atoms with van der Waals surface area (Å²) in [6, 6.07) is 4.06. The van der Waals surface area contributed by atoms with Crippen LogP contribution >= 0.6 is 11.6 Å². The molecule has 1 fully saturated rings. The van der Waals surface area contributed by atoms with E-state index in [1.54, 1.807) is 14.2 Å². The molecule has 1 aromatic carbocycles. The van der Waals surface area contributed by atoms with E-state index in [0.29, 0.717) is 11.6 Å². The third-order valence-electron chi connectivity index (χ3n) is 3.72. The van der Waals surface area contributed by atoms with E-state index in [1.165, 1.54) is 0 Å². The molecule has 3 unspecified atom stereocenters. The SMILES string of the molecule is CCOC1CC(Nc2cc(C)c(Cl)cc2OC)C1OC. The van der Waals surface area contributed by atoms with Crippen molar-refractivity contribution in [2.45, 2.75) is 38.5 Å².